The van der Waals surface area contributed by atoms with E-state index in [-0.39, 0.29) is 0 Å². The van der Waals surface area contributed by atoms with Crippen molar-refractivity contribution in [1.29, 1.82) is 0 Å². The van der Waals surface area contributed by atoms with E-state index in [4.69, 9.17) is 4.74 Å². The fraction of sp³-hybridized carbons (Fsp3) is 0.412. The van der Waals surface area contributed by atoms with Crippen LogP contribution < -0.4 is 10.1 Å². The van der Waals surface area contributed by atoms with Crippen LogP contribution in [0.15, 0.2) is 49.1 Å². The van der Waals surface area contributed by atoms with Gasteiger partial charge < -0.3 is 10.1 Å². The van der Waals surface area contributed by atoms with Gasteiger partial charge in [0.1, 0.15) is 5.75 Å². The highest BCUT2D eigenvalue weighted by atomic mass is 16.5. The summed E-state index contributed by atoms with van der Waals surface area (Å²) in [6, 6.07) is 8.61. The molecule has 2 rings (SSSR count). The highest BCUT2D eigenvalue weighted by molar-refractivity contribution is 5.47. The Bertz CT molecular complexity index is 421. The Balaban J connectivity index is 2.02. The molecule has 2 unspecified atom stereocenters. The van der Waals surface area contributed by atoms with E-state index in [0.717, 1.165) is 17.9 Å². The van der Waals surface area contributed by atoms with E-state index in [1.54, 1.807) is 7.11 Å². The van der Waals surface area contributed by atoms with Gasteiger partial charge in [-0.2, -0.15) is 0 Å². The average molecular weight is 257 g/mol. The Labute approximate surface area is 116 Å². The Morgan fingerprint density at radius 2 is 2.16 bits per heavy atom. The third-order valence-electron chi connectivity index (χ3n) is 3.74. The number of anilines is 1. The van der Waals surface area contributed by atoms with Gasteiger partial charge in [0.2, 0.25) is 0 Å². The van der Waals surface area contributed by atoms with Crippen LogP contribution in [-0.4, -0.2) is 13.2 Å². The first-order chi connectivity index (χ1) is 9.33. The predicted octanol–water partition coefficient (Wildman–Crippen LogP) is 4.41. The molecular weight excluding hydrogens is 234 g/mol. The third-order valence-corrected chi connectivity index (χ3v) is 3.74. The molecule has 0 saturated carbocycles. The highest BCUT2D eigenvalue weighted by Crippen LogP contribution is 2.27. The number of allylic oxidation sites excluding steroid dienone is 2. The summed E-state index contributed by atoms with van der Waals surface area (Å²) < 4.78 is 5.18. The van der Waals surface area contributed by atoms with Crippen LogP contribution in [-0.2, 0) is 0 Å². The largest absolute Gasteiger partial charge is 0.497 e. The lowest BCUT2D eigenvalue weighted by atomic mass is 9.86. The monoisotopic (exact) mass is 257 g/mol. The summed E-state index contributed by atoms with van der Waals surface area (Å²) in [5.74, 6) is 1.59. The maximum atomic E-state index is 5.18. The van der Waals surface area contributed by atoms with E-state index in [1.807, 2.05) is 18.2 Å². The minimum atomic E-state index is 0.468. The zero-order valence-corrected chi connectivity index (χ0v) is 11.6. The molecule has 0 aromatic heterocycles. The van der Waals surface area contributed by atoms with E-state index in [1.165, 1.54) is 19.3 Å². The van der Waals surface area contributed by atoms with Gasteiger partial charge in [-0.15, -0.1) is 6.58 Å². The quantitative estimate of drug-likeness (QED) is 0.762. The van der Waals surface area contributed by atoms with Crippen molar-refractivity contribution in [2.24, 2.45) is 5.92 Å². The number of hydrogen-bond acceptors (Lipinski definition) is 2. The molecule has 2 nitrogen and oxygen atoms in total. The molecule has 1 N–H and O–H groups in total. The van der Waals surface area contributed by atoms with Crippen molar-refractivity contribution in [3.8, 4) is 5.75 Å². The predicted molar refractivity (Wildman–Crippen MR) is 81.7 cm³/mol. The molecule has 0 fully saturated rings. The second-order valence-electron chi connectivity index (χ2n) is 5.05. The number of benzene rings is 1. The number of nitrogens with one attached hydrogen (secondary N) is 1. The Morgan fingerprint density at radius 3 is 2.74 bits per heavy atom. The third kappa shape index (κ3) is 3.88. The van der Waals surface area contributed by atoms with Crippen LogP contribution in [0.2, 0.25) is 0 Å². The lowest BCUT2D eigenvalue weighted by Crippen LogP contribution is -2.29. The van der Waals surface area contributed by atoms with Gasteiger partial charge in [-0.05, 0) is 55.9 Å². The molecule has 0 radical (unpaired) electrons. The molecule has 1 aliphatic rings. The Morgan fingerprint density at radius 1 is 1.37 bits per heavy atom. The molecule has 0 amide bonds. The van der Waals surface area contributed by atoms with Crippen LogP contribution in [0.5, 0.6) is 5.75 Å². The molecule has 0 heterocycles. The normalized spacial score (nSPS) is 19.7. The topological polar surface area (TPSA) is 21.3 Å². The van der Waals surface area contributed by atoms with Gasteiger partial charge >= 0.3 is 0 Å². The standard InChI is InChI=1S/C17H23NO/c1-3-7-17(14-8-5-4-6-9-14)18-15-10-12-16(19-2)13-11-15/h3-5,10-14,17-18H,1,6-9H2,2H3. The van der Waals surface area contributed by atoms with E-state index < -0.39 is 0 Å². The van der Waals surface area contributed by atoms with Crippen molar-refractivity contribution in [3.63, 3.8) is 0 Å². The zero-order chi connectivity index (χ0) is 13.5. The van der Waals surface area contributed by atoms with Crippen LogP contribution in [0.3, 0.4) is 0 Å². The molecule has 2 heteroatoms. The van der Waals surface area contributed by atoms with E-state index in [9.17, 15) is 0 Å². The van der Waals surface area contributed by atoms with Gasteiger partial charge in [0, 0.05) is 11.7 Å². The van der Waals surface area contributed by atoms with Crippen molar-refractivity contribution >= 4 is 5.69 Å². The zero-order valence-electron chi connectivity index (χ0n) is 11.6. The van der Waals surface area contributed by atoms with Crippen molar-refractivity contribution in [1.82, 2.24) is 0 Å². The Kier molecular flexibility index (Phi) is 5.08. The summed E-state index contributed by atoms with van der Waals surface area (Å²) in [6.45, 7) is 3.89. The maximum Gasteiger partial charge on any atom is 0.119 e. The number of hydrogen-bond donors (Lipinski definition) is 1. The fourth-order valence-electron chi connectivity index (χ4n) is 2.63. The maximum absolute atomic E-state index is 5.18. The second kappa shape index (κ2) is 7.03. The van der Waals surface area contributed by atoms with Crippen molar-refractivity contribution in [2.75, 3.05) is 12.4 Å². The van der Waals surface area contributed by atoms with Gasteiger partial charge in [0.15, 0.2) is 0 Å². The smallest absolute Gasteiger partial charge is 0.119 e. The van der Waals surface area contributed by atoms with Gasteiger partial charge in [0.05, 0.1) is 7.11 Å². The Hall–Kier alpha value is -1.70. The molecule has 0 saturated heterocycles. The summed E-state index contributed by atoms with van der Waals surface area (Å²) >= 11 is 0. The first-order valence-electron chi connectivity index (χ1n) is 7.00. The molecule has 19 heavy (non-hydrogen) atoms. The van der Waals surface area contributed by atoms with Gasteiger partial charge in [-0.25, -0.2) is 0 Å². The molecule has 1 aromatic rings. The van der Waals surface area contributed by atoms with Crippen LogP contribution in [0.25, 0.3) is 0 Å². The lowest BCUT2D eigenvalue weighted by Gasteiger charge is -2.29. The summed E-state index contributed by atoms with van der Waals surface area (Å²) in [6.07, 6.45) is 11.2. The number of ether oxygens (including phenoxy) is 1. The SMILES string of the molecule is C=CCC(Nc1ccc(OC)cc1)C1CC=CCC1. The van der Waals surface area contributed by atoms with Gasteiger partial charge in [0.25, 0.3) is 0 Å². The fourth-order valence-corrected chi connectivity index (χ4v) is 2.63. The van der Waals surface area contributed by atoms with Crippen LogP contribution in [0, 0.1) is 5.92 Å². The second-order valence-corrected chi connectivity index (χ2v) is 5.05. The van der Waals surface area contributed by atoms with E-state index in [2.05, 4.69) is 36.2 Å². The molecule has 0 spiro atoms. The molecule has 102 valence electrons. The molecule has 0 aliphatic heterocycles. The summed E-state index contributed by atoms with van der Waals surface area (Å²) in [5, 5.41) is 3.64. The summed E-state index contributed by atoms with van der Waals surface area (Å²) in [7, 11) is 1.69. The van der Waals surface area contributed by atoms with Gasteiger partial charge in [-0.1, -0.05) is 18.2 Å². The minimum Gasteiger partial charge on any atom is -0.497 e. The molecule has 1 aliphatic carbocycles. The van der Waals surface area contributed by atoms with Crippen molar-refractivity contribution < 1.29 is 4.74 Å². The minimum absolute atomic E-state index is 0.468. The van der Waals surface area contributed by atoms with Crippen LogP contribution in [0.4, 0.5) is 5.69 Å². The van der Waals surface area contributed by atoms with Gasteiger partial charge in [-0.3, -0.25) is 0 Å². The molecular formula is C17H23NO. The molecule has 1 aromatic carbocycles. The van der Waals surface area contributed by atoms with Crippen molar-refractivity contribution in [3.05, 3.63) is 49.1 Å². The molecule has 0 bridgehead atoms. The summed E-state index contributed by atoms with van der Waals surface area (Å²) in [5.41, 5.74) is 1.15. The number of methoxy groups -OCH3 is 1. The van der Waals surface area contributed by atoms with Crippen LogP contribution >= 0.6 is 0 Å². The lowest BCUT2D eigenvalue weighted by molar-refractivity contribution is 0.409. The first-order valence-corrected chi connectivity index (χ1v) is 7.00. The highest BCUT2D eigenvalue weighted by Gasteiger charge is 2.20. The number of rotatable bonds is 6. The first kappa shape index (κ1) is 13.7. The van der Waals surface area contributed by atoms with Crippen molar-refractivity contribution in [2.45, 2.75) is 31.7 Å². The average Bonchev–Trinajstić information content (AvgIpc) is 2.48. The van der Waals surface area contributed by atoms with Crippen LogP contribution in [0.1, 0.15) is 25.7 Å². The summed E-state index contributed by atoms with van der Waals surface area (Å²) in [4.78, 5) is 0. The van der Waals surface area contributed by atoms with E-state index >= 15 is 0 Å². The van der Waals surface area contributed by atoms with E-state index in [0.29, 0.717) is 12.0 Å². The molecule has 2 atom stereocenters.